The van der Waals surface area contributed by atoms with Crippen LogP contribution >= 0.6 is 0 Å². The number of benzene rings is 4. The molecule has 0 radical (unpaired) electrons. The summed E-state index contributed by atoms with van der Waals surface area (Å²) in [6.07, 6.45) is 0. The molecule has 0 amide bonds. The van der Waals surface area contributed by atoms with Crippen LogP contribution < -0.4 is 4.74 Å². The zero-order valence-corrected chi connectivity index (χ0v) is 19.6. The summed E-state index contributed by atoms with van der Waals surface area (Å²) in [5.41, 5.74) is 8.38. The van der Waals surface area contributed by atoms with Gasteiger partial charge in [-0.3, -0.25) is 0 Å². The van der Waals surface area contributed by atoms with E-state index in [-0.39, 0.29) is 5.75 Å². The van der Waals surface area contributed by atoms with E-state index in [1.165, 1.54) is 22.3 Å². The second-order valence-corrected chi connectivity index (χ2v) is 8.99. The minimum atomic E-state index is -0.576. The largest absolute Gasteiger partial charge is 0.508 e. The van der Waals surface area contributed by atoms with Crippen LogP contribution in [0.1, 0.15) is 40.3 Å². The van der Waals surface area contributed by atoms with Crippen LogP contribution in [0, 0.1) is 13.8 Å². The highest BCUT2D eigenvalue weighted by atomic mass is 16.5. The summed E-state index contributed by atoms with van der Waals surface area (Å²) in [7, 11) is 0. The Kier molecular flexibility index (Phi) is 5.13. The Hall–Kier alpha value is -4.11. The van der Waals surface area contributed by atoms with Gasteiger partial charge in [0.05, 0.1) is 5.41 Å². The Morgan fingerprint density at radius 2 is 1.32 bits per heavy atom. The van der Waals surface area contributed by atoms with Gasteiger partial charge >= 0.3 is 5.97 Å². The van der Waals surface area contributed by atoms with Crippen molar-refractivity contribution in [3.8, 4) is 22.6 Å². The topological polar surface area (TPSA) is 46.5 Å². The highest BCUT2D eigenvalue weighted by Gasteiger charge is 2.46. The first kappa shape index (κ1) is 21.7. The van der Waals surface area contributed by atoms with Crippen molar-refractivity contribution in [3.63, 3.8) is 0 Å². The lowest BCUT2D eigenvalue weighted by Crippen LogP contribution is -2.29. The van der Waals surface area contributed by atoms with Crippen molar-refractivity contribution in [2.24, 2.45) is 0 Å². The normalized spacial score (nSPS) is 13.1. The van der Waals surface area contributed by atoms with Crippen molar-refractivity contribution in [1.82, 2.24) is 0 Å². The van der Waals surface area contributed by atoms with Gasteiger partial charge in [0.25, 0.3) is 0 Å². The first-order chi connectivity index (χ1) is 16.3. The van der Waals surface area contributed by atoms with Gasteiger partial charge in [0.15, 0.2) is 0 Å². The van der Waals surface area contributed by atoms with Crippen LogP contribution in [0.3, 0.4) is 0 Å². The maximum atomic E-state index is 12.1. The van der Waals surface area contributed by atoms with Crippen molar-refractivity contribution >= 4 is 5.97 Å². The summed E-state index contributed by atoms with van der Waals surface area (Å²) in [5, 5.41) is 10.3. The summed E-state index contributed by atoms with van der Waals surface area (Å²) in [4.78, 5) is 12.1. The van der Waals surface area contributed by atoms with Crippen molar-refractivity contribution in [2.45, 2.75) is 26.2 Å². The highest BCUT2D eigenvalue weighted by Crippen LogP contribution is 2.56. The predicted octanol–water partition coefficient (Wildman–Crippen LogP) is 6.85. The van der Waals surface area contributed by atoms with E-state index in [9.17, 15) is 9.90 Å². The van der Waals surface area contributed by atoms with E-state index in [4.69, 9.17) is 4.74 Å². The molecular formula is C31H26O3. The molecule has 1 N–H and O–H groups in total. The van der Waals surface area contributed by atoms with Gasteiger partial charge in [-0.15, -0.1) is 0 Å². The fourth-order valence-electron chi connectivity index (χ4n) is 5.10. The smallest absolute Gasteiger partial charge is 0.338 e. The quantitative estimate of drug-likeness (QED) is 0.186. The Morgan fingerprint density at radius 1 is 0.794 bits per heavy atom. The third-order valence-corrected chi connectivity index (χ3v) is 6.74. The van der Waals surface area contributed by atoms with Gasteiger partial charge < -0.3 is 9.84 Å². The lowest BCUT2D eigenvalue weighted by Gasteiger charge is -2.34. The molecule has 0 unspecified atom stereocenters. The zero-order chi connectivity index (χ0) is 24.0. The number of phenols is 1. The molecular weight excluding hydrogens is 420 g/mol. The number of carbonyl (C=O) groups excluding carboxylic acids is 1. The van der Waals surface area contributed by atoms with Crippen molar-refractivity contribution in [2.75, 3.05) is 0 Å². The standard InChI is InChI=1S/C31H26O3/c1-19(2)30(33)34-29-16-14-23(18-21(29)4)31(22-13-15-28(32)20(3)17-22)26-11-7-5-9-24(26)25-10-6-8-12-27(25)31/h5-18,32H,1H2,2-4H3. The van der Waals surface area contributed by atoms with Crippen LogP contribution in [0.4, 0.5) is 0 Å². The Morgan fingerprint density at radius 3 is 1.85 bits per heavy atom. The summed E-state index contributed by atoms with van der Waals surface area (Å²) < 4.78 is 5.57. The molecule has 168 valence electrons. The van der Waals surface area contributed by atoms with Crippen molar-refractivity contribution in [3.05, 3.63) is 130 Å². The fourth-order valence-corrected chi connectivity index (χ4v) is 5.10. The number of carbonyl (C=O) groups is 1. The lowest BCUT2D eigenvalue weighted by molar-refractivity contribution is -0.130. The van der Waals surface area contributed by atoms with E-state index in [1.54, 1.807) is 13.0 Å². The Labute approximate surface area is 200 Å². The molecule has 0 aromatic heterocycles. The van der Waals surface area contributed by atoms with Gasteiger partial charge in [0.2, 0.25) is 0 Å². The number of esters is 1. The molecule has 0 fully saturated rings. The minimum Gasteiger partial charge on any atom is -0.508 e. The number of rotatable bonds is 4. The number of aromatic hydroxyl groups is 1. The third kappa shape index (κ3) is 3.16. The average molecular weight is 447 g/mol. The summed E-state index contributed by atoms with van der Waals surface area (Å²) in [5.74, 6) is 0.362. The van der Waals surface area contributed by atoms with Crippen LogP contribution in [0.15, 0.2) is 97.1 Å². The van der Waals surface area contributed by atoms with Crippen LogP contribution in [-0.4, -0.2) is 11.1 Å². The summed E-state index contributed by atoms with van der Waals surface area (Å²) in [6.45, 7) is 9.19. The SMILES string of the molecule is C=C(C)C(=O)Oc1ccc(C2(c3ccc(O)c(C)c3)c3ccccc3-c3ccccc32)cc1C. The number of phenolic OH excluding ortho intramolecular Hbond substituents is 1. The van der Waals surface area contributed by atoms with Gasteiger partial charge in [0, 0.05) is 5.57 Å². The molecule has 1 aliphatic carbocycles. The van der Waals surface area contributed by atoms with Gasteiger partial charge in [-0.25, -0.2) is 4.79 Å². The molecule has 0 saturated carbocycles. The highest BCUT2D eigenvalue weighted by molar-refractivity contribution is 5.89. The fraction of sp³-hybridized carbons (Fsp3) is 0.129. The molecule has 0 saturated heterocycles. The molecule has 5 rings (SSSR count). The molecule has 4 aromatic carbocycles. The molecule has 0 bridgehead atoms. The molecule has 3 nitrogen and oxygen atoms in total. The minimum absolute atomic E-state index is 0.275. The van der Waals surface area contributed by atoms with Gasteiger partial charge in [-0.2, -0.15) is 0 Å². The number of aryl methyl sites for hydroxylation is 2. The van der Waals surface area contributed by atoms with Crippen molar-refractivity contribution in [1.29, 1.82) is 0 Å². The second-order valence-electron chi connectivity index (χ2n) is 8.99. The monoisotopic (exact) mass is 446 g/mol. The molecule has 34 heavy (non-hydrogen) atoms. The summed E-state index contributed by atoms with van der Waals surface area (Å²) in [6, 6.07) is 28.8. The number of hydrogen-bond acceptors (Lipinski definition) is 3. The summed E-state index contributed by atoms with van der Waals surface area (Å²) >= 11 is 0. The van der Waals surface area contributed by atoms with Crippen LogP contribution in [0.25, 0.3) is 11.1 Å². The predicted molar refractivity (Wildman–Crippen MR) is 135 cm³/mol. The first-order valence-corrected chi connectivity index (χ1v) is 11.3. The van der Waals surface area contributed by atoms with Crippen LogP contribution in [-0.2, 0) is 10.2 Å². The molecule has 0 spiro atoms. The molecule has 0 heterocycles. The van der Waals surface area contributed by atoms with E-state index in [1.807, 2.05) is 32.0 Å². The molecule has 0 aliphatic heterocycles. The number of hydrogen-bond donors (Lipinski definition) is 1. The Balaban J connectivity index is 1.82. The Bertz CT molecular complexity index is 1420. The second kappa shape index (κ2) is 8.03. The van der Waals surface area contributed by atoms with E-state index in [0.717, 1.165) is 22.3 Å². The maximum Gasteiger partial charge on any atom is 0.338 e. The third-order valence-electron chi connectivity index (χ3n) is 6.74. The average Bonchev–Trinajstić information content (AvgIpc) is 3.13. The molecule has 3 heteroatoms. The zero-order valence-electron chi connectivity index (χ0n) is 19.6. The van der Waals surface area contributed by atoms with E-state index in [0.29, 0.717) is 11.3 Å². The van der Waals surface area contributed by atoms with E-state index >= 15 is 0 Å². The van der Waals surface area contributed by atoms with Gasteiger partial charge in [-0.05, 0) is 77.4 Å². The van der Waals surface area contributed by atoms with E-state index < -0.39 is 11.4 Å². The van der Waals surface area contributed by atoms with Crippen LogP contribution in [0.5, 0.6) is 11.5 Å². The number of fused-ring (bicyclic) bond motifs is 3. The maximum absolute atomic E-state index is 12.1. The van der Waals surface area contributed by atoms with Gasteiger partial charge in [0.1, 0.15) is 11.5 Å². The molecule has 1 aliphatic rings. The number of ether oxygens (including phenoxy) is 1. The first-order valence-electron chi connectivity index (χ1n) is 11.3. The molecule has 0 atom stereocenters. The van der Waals surface area contributed by atoms with E-state index in [2.05, 4.69) is 67.2 Å². The van der Waals surface area contributed by atoms with Crippen LogP contribution in [0.2, 0.25) is 0 Å². The molecule has 4 aromatic rings. The van der Waals surface area contributed by atoms with Gasteiger partial charge in [-0.1, -0.05) is 79.4 Å². The van der Waals surface area contributed by atoms with Crippen molar-refractivity contribution < 1.29 is 14.6 Å². The lowest BCUT2D eigenvalue weighted by atomic mass is 9.67.